The van der Waals surface area contributed by atoms with E-state index in [-0.39, 0.29) is 11.6 Å². The molecule has 2 rings (SSSR count). The molecular formula is C13H20N4O. The first-order chi connectivity index (χ1) is 8.54. The molecule has 2 aromatic rings. The van der Waals surface area contributed by atoms with E-state index in [0.29, 0.717) is 18.9 Å². The Morgan fingerprint density at radius 3 is 2.78 bits per heavy atom. The quantitative estimate of drug-likeness (QED) is 0.859. The Balaban J connectivity index is 2.54. The van der Waals surface area contributed by atoms with Crippen molar-refractivity contribution in [3.05, 3.63) is 28.2 Å². The Labute approximate surface area is 106 Å². The van der Waals surface area contributed by atoms with E-state index in [1.807, 2.05) is 10.7 Å². The number of fused-ring (bicyclic) bond motifs is 1. The van der Waals surface area contributed by atoms with Crippen LogP contribution in [0.3, 0.4) is 0 Å². The summed E-state index contributed by atoms with van der Waals surface area (Å²) < 4.78 is 1.88. The van der Waals surface area contributed by atoms with Crippen LogP contribution in [0.2, 0.25) is 0 Å². The predicted molar refractivity (Wildman–Crippen MR) is 72.7 cm³/mol. The average molecular weight is 248 g/mol. The molecule has 0 amide bonds. The number of rotatable bonds is 4. The number of nitrogens with two attached hydrogens (primary N) is 1. The van der Waals surface area contributed by atoms with Gasteiger partial charge in [-0.3, -0.25) is 4.79 Å². The average Bonchev–Trinajstić information content (AvgIpc) is 2.71. The molecule has 18 heavy (non-hydrogen) atoms. The molecule has 98 valence electrons. The van der Waals surface area contributed by atoms with Gasteiger partial charge < -0.3 is 10.7 Å². The Bertz CT molecular complexity index is 597. The third-order valence-corrected chi connectivity index (χ3v) is 3.44. The Kier molecular flexibility index (Phi) is 3.52. The maximum Gasteiger partial charge on any atom is 0.252 e. The fraction of sp³-hybridized carbons (Fsp3) is 0.538. The third-order valence-electron chi connectivity index (χ3n) is 3.44. The molecule has 1 atom stereocenters. The number of nitrogens with one attached hydrogen (secondary N) is 1. The van der Waals surface area contributed by atoms with Crippen molar-refractivity contribution in [2.75, 3.05) is 6.54 Å². The van der Waals surface area contributed by atoms with Crippen LogP contribution < -0.4 is 11.3 Å². The lowest BCUT2D eigenvalue weighted by molar-refractivity contribution is 0.383. The summed E-state index contributed by atoms with van der Waals surface area (Å²) in [6, 6.07) is 2.14. The topological polar surface area (TPSA) is 76.7 Å². The first kappa shape index (κ1) is 12.8. The van der Waals surface area contributed by atoms with E-state index in [4.69, 9.17) is 5.73 Å². The highest BCUT2D eigenvalue weighted by atomic mass is 16.1. The summed E-state index contributed by atoms with van der Waals surface area (Å²) in [5.74, 6) is 0.459. The zero-order valence-electron chi connectivity index (χ0n) is 11.1. The molecule has 0 aliphatic heterocycles. The number of hydrogen-bond donors (Lipinski definition) is 2. The lowest BCUT2D eigenvalue weighted by Crippen LogP contribution is -2.19. The minimum atomic E-state index is -0.0642. The van der Waals surface area contributed by atoms with Gasteiger partial charge in [0.25, 0.3) is 5.56 Å². The minimum Gasteiger partial charge on any atom is -0.330 e. The largest absolute Gasteiger partial charge is 0.330 e. The number of aromatic nitrogens is 3. The normalized spacial score (nSPS) is 13.4. The van der Waals surface area contributed by atoms with Gasteiger partial charge in [-0.05, 0) is 31.9 Å². The molecule has 0 radical (unpaired) electrons. The van der Waals surface area contributed by atoms with Crippen molar-refractivity contribution in [1.29, 1.82) is 0 Å². The smallest absolute Gasteiger partial charge is 0.252 e. The predicted octanol–water partition coefficient (Wildman–Crippen LogP) is 1.44. The Morgan fingerprint density at radius 1 is 1.44 bits per heavy atom. The van der Waals surface area contributed by atoms with Crippen LogP contribution in [0.15, 0.2) is 17.1 Å². The van der Waals surface area contributed by atoms with Crippen molar-refractivity contribution in [3.63, 3.8) is 0 Å². The second-order valence-electron chi connectivity index (χ2n) is 5.04. The summed E-state index contributed by atoms with van der Waals surface area (Å²) in [5.41, 5.74) is 6.95. The van der Waals surface area contributed by atoms with E-state index >= 15 is 0 Å². The Hall–Kier alpha value is -1.62. The molecular weight excluding hydrogens is 228 g/mol. The monoisotopic (exact) mass is 248 g/mol. The highest BCUT2D eigenvalue weighted by molar-refractivity contribution is 5.75. The van der Waals surface area contributed by atoms with Crippen LogP contribution in [0.5, 0.6) is 0 Å². The van der Waals surface area contributed by atoms with Gasteiger partial charge in [0, 0.05) is 10.9 Å². The molecule has 2 aromatic heterocycles. The van der Waals surface area contributed by atoms with Crippen molar-refractivity contribution < 1.29 is 0 Å². The molecule has 5 heteroatoms. The van der Waals surface area contributed by atoms with Crippen LogP contribution in [0.25, 0.3) is 11.0 Å². The van der Waals surface area contributed by atoms with Crippen LogP contribution >= 0.6 is 0 Å². The van der Waals surface area contributed by atoms with Crippen LogP contribution in [0.4, 0.5) is 0 Å². The van der Waals surface area contributed by atoms with Crippen molar-refractivity contribution in [1.82, 2.24) is 14.8 Å². The van der Waals surface area contributed by atoms with Crippen molar-refractivity contribution in [3.8, 4) is 0 Å². The zero-order valence-corrected chi connectivity index (χ0v) is 11.1. The number of H-pyrrole nitrogens is 1. The highest BCUT2D eigenvalue weighted by Gasteiger charge is 2.14. The van der Waals surface area contributed by atoms with Gasteiger partial charge in [-0.1, -0.05) is 13.8 Å². The Morgan fingerprint density at radius 2 is 2.17 bits per heavy atom. The van der Waals surface area contributed by atoms with E-state index in [9.17, 15) is 4.79 Å². The van der Waals surface area contributed by atoms with Gasteiger partial charge >= 0.3 is 0 Å². The van der Waals surface area contributed by atoms with Crippen LogP contribution in [-0.2, 0) is 6.42 Å². The van der Waals surface area contributed by atoms with Gasteiger partial charge in [-0.25, -0.2) is 4.68 Å². The summed E-state index contributed by atoms with van der Waals surface area (Å²) in [6.45, 7) is 6.85. The zero-order chi connectivity index (χ0) is 13.3. The lowest BCUT2D eigenvalue weighted by Gasteiger charge is -2.16. The third kappa shape index (κ3) is 2.18. The SMILES string of the molecule is CC(C)C(C)n1ncc2cc(CCN)c(=O)[nH]c21. The molecule has 0 aliphatic carbocycles. The van der Waals surface area contributed by atoms with Crippen molar-refractivity contribution >= 4 is 11.0 Å². The number of nitrogens with zero attached hydrogens (tertiary/aromatic N) is 2. The van der Waals surface area contributed by atoms with Crippen LogP contribution in [-0.4, -0.2) is 21.3 Å². The second-order valence-corrected chi connectivity index (χ2v) is 5.04. The maximum absolute atomic E-state index is 11.9. The summed E-state index contributed by atoms with van der Waals surface area (Å²) >= 11 is 0. The van der Waals surface area contributed by atoms with E-state index in [1.165, 1.54) is 0 Å². The first-order valence-corrected chi connectivity index (χ1v) is 6.34. The molecule has 3 N–H and O–H groups in total. The maximum atomic E-state index is 11.9. The molecule has 0 aliphatic rings. The molecule has 0 saturated heterocycles. The van der Waals surface area contributed by atoms with Gasteiger partial charge in [0.1, 0.15) is 5.65 Å². The molecule has 0 saturated carbocycles. The van der Waals surface area contributed by atoms with Gasteiger partial charge in [0.15, 0.2) is 0 Å². The van der Waals surface area contributed by atoms with E-state index in [1.54, 1.807) is 6.20 Å². The van der Waals surface area contributed by atoms with E-state index < -0.39 is 0 Å². The second kappa shape index (κ2) is 4.94. The van der Waals surface area contributed by atoms with Gasteiger partial charge in [0.2, 0.25) is 0 Å². The number of aromatic amines is 1. The molecule has 0 fully saturated rings. The number of hydrogen-bond acceptors (Lipinski definition) is 3. The molecule has 1 unspecified atom stereocenters. The van der Waals surface area contributed by atoms with Gasteiger partial charge in [-0.2, -0.15) is 5.10 Å². The molecule has 0 spiro atoms. The van der Waals surface area contributed by atoms with Crippen LogP contribution in [0.1, 0.15) is 32.4 Å². The summed E-state index contributed by atoms with van der Waals surface area (Å²) in [5, 5.41) is 5.34. The lowest BCUT2D eigenvalue weighted by atomic mass is 10.1. The fourth-order valence-electron chi connectivity index (χ4n) is 1.98. The molecule has 2 heterocycles. The summed E-state index contributed by atoms with van der Waals surface area (Å²) in [6.07, 6.45) is 2.39. The van der Waals surface area contributed by atoms with E-state index in [2.05, 4.69) is 30.9 Å². The van der Waals surface area contributed by atoms with Gasteiger partial charge in [0.05, 0.1) is 12.2 Å². The minimum absolute atomic E-state index is 0.0642. The highest BCUT2D eigenvalue weighted by Crippen LogP contribution is 2.20. The molecule has 0 bridgehead atoms. The standard InChI is InChI=1S/C13H20N4O/c1-8(2)9(3)17-12-11(7-15-17)6-10(4-5-14)13(18)16-12/h6-9H,4-5,14H2,1-3H3,(H,16,18). The van der Waals surface area contributed by atoms with Crippen molar-refractivity contribution in [2.24, 2.45) is 11.7 Å². The number of pyridine rings is 1. The summed E-state index contributed by atoms with van der Waals surface area (Å²) in [4.78, 5) is 14.8. The van der Waals surface area contributed by atoms with Crippen molar-refractivity contribution in [2.45, 2.75) is 33.2 Å². The first-order valence-electron chi connectivity index (χ1n) is 6.34. The van der Waals surface area contributed by atoms with Gasteiger partial charge in [-0.15, -0.1) is 0 Å². The summed E-state index contributed by atoms with van der Waals surface area (Å²) in [7, 11) is 0. The molecule has 0 aromatic carbocycles. The molecule has 5 nitrogen and oxygen atoms in total. The fourth-order valence-corrected chi connectivity index (χ4v) is 1.98. The van der Waals surface area contributed by atoms with Crippen LogP contribution in [0, 0.1) is 5.92 Å². The van der Waals surface area contributed by atoms with E-state index in [0.717, 1.165) is 16.6 Å².